The van der Waals surface area contributed by atoms with Gasteiger partial charge in [0.1, 0.15) is 23.3 Å². The van der Waals surface area contributed by atoms with E-state index in [2.05, 4.69) is 15.6 Å². The number of carbonyl (C=O) groups excluding carboxylic acids is 5. The van der Waals surface area contributed by atoms with E-state index in [0.717, 1.165) is 0 Å². The smallest absolute Gasteiger partial charge is 0.266 e. The number of nitrogens with zero attached hydrogens (tertiary/aromatic N) is 2. The molecule has 1 aromatic heterocycles. The number of rotatable bonds is 13. The normalized spacial score (nSPS) is 15.6. The maximum Gasteiger partial charge on any atom is 0.266 e. The topological polar surface area (TPSA) is 194 Å². The first kappa shape index (κ1) is 38.9. The third-order valence-corrected chi connectivity index (χ3v) is 10.5. The molecule has 4 aromatic rings. The van der Waals surface area contributed by atoms with Gasteiger partial charge >= 0.3 is 0 Å². The Morgan fingerprint density at radius 1 is 0.868 bits per heavy atom. The van der Waals surface area contributed by atoms with Crippen molar-refractivity contribution in [3.8, 4) is 5.75 Å². The first-order valence-electron chi connectivity index (χ1n) is 16.9. The monoisotopic (exact) mass is 765 g/mol. The molecule has 1 aliphatic rings. The molecule has 1 aliphatic heterocycles. The Morgan fingerprint density at radius 2 is 1.49 bits per heavy atom. The number of halogens is 1. The lowest BCUT2D eigenvalue weighted by atomic mass is 9.98. The number of hydrogen-bond donors (Lipinski definition) is 3. The van der Waals surface area contributed by atoms with Crippen LogP contribution < -0.4 is 20.1 Å². The Morgan fingerprint density at radius 3 is 2.09 bits per heavy atom. The largest absolute Gasteiger partial charge is 0.497 e. The fourth-order valence-corrected chi connectivity index (χ4v) is 7.00. The standard InChI is InChI=1S/C37H40ClN5O9S/c1-20(2)30(32(44)36-39-27-19-25(51-5)14-17-29(27)52-36)40-35(47)28-7-6-18-43(28)37(48)31(21(3)4)41-33(45)22-8-10-23(11-9-22)34(46)42-53(49,50)26-15-12-24(38)13-16-26/h8-17,19-21,28,30-31H,6-7,18H2,1-5H3,(H,40,47)(H,41,45)(H,42,46)/t28-,30-,31-/m0/s1. The molecule has 53 heavy (non-hydrogen) atoms. The van der Waals surface area contributed by atoms with Gasteiger partial charge in [0.2, 0.25) is 17.6 Å². The second-order valence-corrected chi connectivity index (χ2v) is 15.4. The number of sulfonamides is 1. The quantitative estimate of drug-likeness (QED) is 0.165. The van der Waals surface area contributed by atoms with Crippen LogP contribution in [0.15, 0.2) is 76.0 Å². The molecule has 0 aliphatic carbocycles. The summed E-state index contributed by atoms with van der Waals surface area (Å²) in [6, 6.07) is 12.6. The second-order valence-electron chi connectivity index (χ2n) is 13.3. The molecular formula is C37H40ClN5O9S. The van der Waals surface area contributed by atoms with E-state index in [1.54, 1.807) is 45.9 Å². The van der Waals surface area contributed by atoms with E-state index in [0.29, 0.717) is 34.7 Å². The summed E-state index contributed by atoms with van der Waals surface area (Å²) in [5.74, 6) is -3.34. The zero-order valence-electron chi connectivity index (χ0n) is 29.7. The predicted octanol–water partition coefficient (Wildman–Crippen LogP) is 4.38. The summed E-state index contributed by atoms with van der Waals surface area (Å²) in [5.41, 5.74) is 0.917. The minimum atomic E-state index is -4.18. The van der Waals surface area contributed by atoms with Crippen molar-refractivity contribution in [1.82, 2.24) is 25.2 Å². The van der Waals surface area contributed by atoms with Crippen molar-refractivity contribution in [1.29, 1.82) is 0 Å². The molecule has 1 saturated heterocycles. The van der Waals surface area contributed by atoms with Gasteiger partial charge in [0.05, 0.1) is 18.0 Å². The van der Waals surface area contributed by atoms with Gasteiger partial charge in [0.25, 0.3) is 27.7 Å². The minimum Gasteiger partial charge on any atom is -0.497 e. The molecule has 0 bridgehead atoms. The van der Waals surface area contributed by atoms with Gasteiger partial charge in [-0.1, -0.05) is 39.3 Å². The van der Waals surface area contributed by atoms with Crippen molar-refractivity contribution in [3.63, 3.8) is 0 Å². The summed E-state index contributed by atoms with van der Waals surface area (Å²) in [4.78, 5) is 72.7. The number of methoxy groups -OCH3 is 1. The SMILES string of the molecule is COc1ccc2oc(C(=O)[C@@H](NC(=O)[C@@H]3CCCN3C(=O)[C@@H](NC(=O)c3ccc(C(=O)NS(=O)(=O)c4ccc(Cl)cc4)cc3)C(C)C)C(C)C)nc2c1. The van der Waals surface area contributed by atoms with Gasteiger partial charge < -0.3 is 24.7 Å². The van der Waals surface area contributed by atoms with E-state index >= 15 is 0 Å². The molecule has 3 atom stereocenters. The van der Waals surface area contributed by atoms with Gasteiger partial charge in [-0.25, -0.2) is 18.1 Å². The third kappa shape index (κ3) is 8.86. The molecule has 0 unspecified atom stereocenters. The van der Waals surface area contributed by atoms with Crippen LogP contribution >= 0.6 is 11.6 Å². The number of nitrogens with one attached hydrogen (secondary N) is 3. The summed E-state index contributed by atoms with van der Waals surface area (Å²) in [7, 11) is -2.66. The Bertz CT molecular complexity index is 2130. The highest BCUT2D eigenvalue weighted by molar-refractivity contribution is 7.90. The van der Waals surface area contributed by atoms with E-state index in [-0.39, 0.29) is 40.3 Å². The number of carbonyl (C=O) groups is 5. The van der Waals surface area contributed by atoms with Crippen LogP contribution in [0.1, 0.15) is 71.9 Å². The molecule has 3 aromatic carbocycles. The molecule has 3 N–H and O–H groups in total. The van der Waals surface area contributed by atoms with Crippen LogP contribution in [0.5, 0.6) is 5.75 Å². The number of fused-ring (bicyclic) bond motifs is 1. The van der Waals surface area contributed by atoms with Crippen molar-refractivity contribution in [2.75, 3.05) is 13.7 Å². The van der Waals surface area contributed by atoms with E-state index in [4.69, 9.17) is 20.8 Å². The molecule has 1 fully saturated rings. The van der Waals surface area contributed by atoms with Crippen molar-refractivity contribution >= 4 is 62.1 Å². The average Bonchev–Trinajstić information content (AvgIpc) is 3.80. The van der Waals surface area contributed by atoms with Crippen LogP contribution in [0.2, 0.25) is 5.02 Å². The Balaban J connectivity index is 1.24. The summed E-state index contributed by atoms with van der Waals surface area (Å²) in [6.07, 6.45) is 0.891. The lowest BCUT2D eigenvalue weighted by Gasteiger charge is -2.31. The summed E-state index contributed by atoms with van der Waals surface area (Å²) in [5, 5.41) is 5.90. The number of ether oxygens (including phenoxy) is 1. The van der Waals surface area contributed by atoms with Crippen LogP contribution in [-0.4, -0.2) is 79.5 Å². The van der Waals surface area contributed by atoms with Crippen molar-refractivity contribution < 1.29 is 41.5 Å². The van der Waals surface area contributed by atoms with Crippen LogP contribution in [0.25, 0.3) is 11.1 Å². The summed E-state index contributed by atoms with van der Waals surface area (Å²) in [6.45, 7) is 7.33. The average molecular weight is 766 g/mol. The number of likely N-dealkylation sites (tertiary alicyclic amines) is 1. The maximum atomic E-state index is 13.9. The van der Waals surface area contributed by atoms with Crippen LogP contribution in [0.3, 0.4) is 0 Å². The lowest BCUT2D eigenvalue weighted by molar-refractivity contribution is -0.140. The number of hydrogen-bond acceptors (Lipinski definition) is 10. The molecule has 280 valence electrons. The molecule has 0 radical (unpaired) electrons. The third-order valence-electron chi connectivity index (χ3n) is 8.87. The lowest BCUT2D eigenvalue weighted by Crippen LogP contribution is -2.57. The fourth-order valence-electron chi connectivity index (χ4n) is 5.90. The number of oxazole rings is 1. The van der Waals surface area contributed by atoms with Gasteiger partial charge in [0, 0.05) is 28.8 Å². The van der Waals surface area contributed by atoms with Crippen LogP contribution in [-0.2, 0) is 19.6 Å². The molecular weight excluding hydrogens is 726 g/mol. The van der Waals surface area contributed by atoms with Gasteiger partial charge in [-0.3, -0.25) is 24.0 Å². The van der Waals surface area contributed by atoms with Crippen molar-refractivity contribution in [2.45, 2.75) is 63.6 Å². The highest BCUT2D eigenvalue weighted by atomic mass is 35.5. The fraction of sp³-hybridized carbons (Fsp3) is 0.351. The predicted molar refractivity (Wildman–Crippen MR) is 195 cm³/mol. The van der Waals surface area contributed by atoms with Gasteiger partial charge in [0.15, 0.2) is 5.58 Å². The molecule has 4 amide bonds. The number of Topliss-reactive ketones (excluding diaryl/α,β-unsaturated/α-hetero) is 1. The van der Waals surface area contributed by atoms with Gasteiger partial charge in [-0.05, 0) is 85.3 Å². The van der Waals surface area contributed by atoms with Crippen LogP contribution in [0.4, 0.5) is 0 Å². The van der Waals surface area contributed by atoms with Crippen molar-refractivity contribution in [2.24, 2.45) is 11.8 Å². The van der Waals surface area contributed by atoms with E-state index in [9.17, 15) is 32.4 Å². The number of aromatic nitrogens is 1. The Hall–Kier alpha value is -5.28. The summed E-state index contributed by atoms with van der Waals surface area (Å²) < 4.78 is 38.1. The highest BCUT2D eigenvalue weighted by Crippen LogP contribution is 2.25. The highest BCUT2D eigenvalue weighted by Gasteiger charge is 2.40. The van der Waals surface area contributed by atoms with Crippen molar-refractivity contribution in [3.05, 3.63) is 88.8 Å². The number of ketones is 1. The van der Waals surface area contributed by atoms with Crippen LogP contribution in [0, 0.1) is 11.8 Å². The number of amides is 4. The molecule has 14 nitrogen and oxygen atoms in total. The second kappa shape index (κ2) is 16.2. The molecule has 0 spiro atoms. The maximum absolute atomic E-state index is 13.9. The first-order chi connectivity index (χ1) is 25.1. The molecule has 0 saturated carbocycles. The Kier molecular flexibility index (Phi) is 11.9. The zero-order chi connectivity index (χ0) is 38.6. The zero-order valence-corrected chi connectivity index (χ0v) is 31.3. The Labute approximate surface area is 311 Å². The molecule has 2 heterocycles. The van der Waals surface area contributed by atoms with E-state index in [1.807, 2.05) is 4.72 Å². The summed E-state index contributed by atoms with van der Waals surface area (Å²) >= 11 is 5.82. The first-order valence-corrected chi connectivity index (χ1v) is 18.8. The van der Waals surface area contributed by atoms with Gasteiger partial charge in [-0.2, -0.15) is 0 Å². The minimum absolute atomic E-state index is 0.0176. The van der Waals surface area contributed by atoms with E-state index < -0.39 is 57.6 Å². The number of benzene rings is 3. The molecule has 5 rings (SSSR count). The van der Waals surface area contributed by atoms with Gasteiger partial charge in [-0.15, -0.1) is 0 Å². The molecule has 16 heteroatoms. The van der Waals surface area contributed by atoms with E-state index in [1.165, 1.54) is 60.5 Å².